The molecular weight excluding hydrogens is 337 g/mol. The van der Waals surface area contributed by atoms with Crippen molar-refractivity contribution in [1.29, 1.82) is 0 Å². The summed E-state index contributed by atoms with van der Waals surface area (Å²) in [6.45, 7) is 3.57. The summed E-state index contributed by atoms with van der Waals surface area (Å²) in [4.78, 5) is 20.6. The maximum absolute atomic E-state index is 13.0. The van der Waals surface area contributed by atoms with Gasteiger partial charge in [-0.2, -0.15) is 4.98 Å². The lowest BCUT2D eigenvalue weighted by molar-refractivity contribution is 0.231. The quantitative estimate of drug-likeness (QED) is 0.732. The lowest BCUT2D eigenvalue weighted by Gasteiger charge is -2.16. The second-order valence-corrected chi connectivity index (χ2v) is 5.78. The molecule has 0 saturated heterocycles. The van der Waals surface area contributed by atoms with E-state index in [1.54, 1.807) is 25.3 Å². The number of urea groups is 1. The fraction of sp³-hybridized carbons (Fsp3) is 0.222. The van der Waals surface area contributed by atoms with Crippen LogP contribution < -0.4 is 10.6 Å². The molecule has 3 aromatic rings. The van der Waals surface area contributed by atoms with E-state index in [0.29, 0.717) is 11.4 Å². The first-order chi connectivity index (χ1) is 12.5. The predicted molar refractivity (Wildman–Crippen MR) is 92.4 cm³/mol. The van der Waals surface area contributed by atoms with Gasteiger partial charge in [0.05, 0.1) is 11.7 Å². The molecule has 2 amide bonds. The van der Waals surface area contributed by atoms with Gasteiger partial charge in [0.2, 0.25) is 11.7 Å². The third-order valence-electron chi connectivity index (χ3n) is 3.74. The number of nitrogens with zero attached hydrogens (tertiary/aromatic N) is 3. The molecule has 0 saturated carbocycles. The zero-order chi connectivity index (χ0) is 18.5. The first-order valence-corrected chi connectivity index (χ1v) is 8.10. The van der Waals surface area contributed by atoms with Crippen molar-refractivity contribution in [3.63, 3.8) is 0 Å². The van der Waals surface area contributed by atoms with Crippen molar-refractivity contribution in [3.05, 3.63) is 66.1 Å². The lowest BCUT2D eigenvalue weighted by atomic mass is 10.2. The molecule has 2 N–H and O–H groups in total. The summed E-state index contributed by atoms with van der Waals surface area (Å²) >= 11 is 0. The van der Waals surface area contributed by atoms with Crippen LogP contribution in [-0.4, -0.2) is 21.2 Å². The van der Waals surface area contributed by atoms with E-state index in [1.807, 2.05) is 25.1 Å². The normalized spacial score (nSPS) is 13.0. The molecule has 1 aromatic carbocycles. The highest BCUT2D eigenvalue weighted by molar-refractivity contribution is 5.74. The molecule has 2 unspecified atom stereocenters. The van der Waals surface area contributed by atoms with Crippen molar-refractivity contribution in [2.45, 2.75) is 25.9 Å². The minimum absolute atomic E-state index is 0.249. The van der Waals surface area contributed by atoms with Gasteiger partial charge in [0, 0.05) is 11.8 Å². The Balaban J connectivity index is 1.60. The molecule has 0 aliphatic carbocycles. The van der Waals surface area contributed by atoms with E-state index in [0.717, 1.165) is 5.69 Å². The summed E-state index contributed by atoms with van der Waals surface area (Å²) in [5, 5.41) is 9.40. The first-order valence-electron chi connectivity index (χ1n) is 8.10. The summed E-state index contributed by atoms with van der Waals surface area (Å²) < 4.78 is 18.2. The maximum atomic E-state index is 13.0. The number of carbonyl (C=O) groups excluding carboxylic acids is 1. The number of nitrogens with one attached hydrogen (secondary N) is 2. The van der Waals surface area contributed by atoms with Gasteiger partial charge in [0.1, 0.15) is 11.9 Å². The molecule has 0 fully saturated rings. The van der Waals surface area contributed by atoms with Gasteiger partial charge in [-0.1, -0.05) is 11.2 Å². The summed E-state index contributed by atoms with van der Waals surface area (Å²) in [7, 11) is 0. The van der Waals surface area contributed by atoms with Gasteiger partial charge >= 0.3 is 6.03 Å². The molecule has 3 rings (SSSR count). The third-order valence-corrected chi connectivity index (χ3v) is 3.74. The fourth-order valence-electron chi connectivity index (χ4n) is 2.33. The summed E-state index contributed by atoms with van der Waals surface area (Å²) in [5.41, 5.74) is 1.38. The summed E-state index contributed by atoms with van der Waals surface area (Å²) in [6, 6.07) is 10.1. The Kier molecular flexibility index (Phi) is 5.21. The number of carbonyl (C=O) groups is 1. The highest BCUT2D eigenvalue weighted by atomic mass is 19.1. The van der Waals surface area contributed by atoms with Gasteiger partial charge in [0.15, 0.2) is 0 Å². The van der Waals surface area contributed by atoms with Crippen LogP contribution >= 0.6 is 0 Å². The number of pyridine rings is 1. The first kappa shape index (κ1) is 17.5. The van der Waals surface area contributed by atoms with Crippen LogP contribution in [-0.2, 0) is 0 Å². The Morgan fingerprint density at radius 1 is 1.08 bits per heavy atom. The SMILES string of the molecule is CC(NC(=O)NC(C)c1nc(-c2ccc(F)cc2)no1)c1ccccn1. The van der Waals surface area contributed by atoms with Crippen molar-refractivity contribution < 1.29 is 13.7 Å². The Labute approximate surface area is 149 Å². The zero-order valence-corrected chi connectivity index (χ0v) is 14.3. The van der Waals surface area contributed by atoms with Crippen LogP contribution in [0, 0.1) is 5.82 Å². The van der Waals surface area contributed by atoms with Crippen LogP contribution in [0.2, 0.25) is 0 Å². The van der Waals surface area contributed by atoms with Crippen molar-refractivity contribution >= 4 is 6.03 Å². The van der Waals surface area contributed by atoms with Crippen LogP contribution in [0.4, 0.5) is 9.18 Å². The molecule has 0 radical (unpaired) electrons. The van der Waals surface area contributed by atoms with Gasteiger partial charge in [-0.15, -0.1) is 0 Å². The molecule has 134 valence electrons. The van der Waals surface area contributed by atoms with E-state index in [-0.39, 0.29) is 23.8 Å². The number of benzene rings is 1. The van der Waals surface area contributed by atoms with Crippen molar-refractivity contribution in [2.24, 2.45) is 0 Å². The number of halogens is 1. The smallest absolute Gasteiger partial charge is 0.315 e. The Hall–Kier alpha value is -3.29. The number of amides is 2. The highest BCUT2D eigenvalue weighted by Crippen LogP contribution is 2.19. The maximum Gasteiger partial charge on any atom is 0.315 e. The van der Waals surface area contributed by atoms with Gasteiger partial charge in [-0.05, 0) is 50.2 Å². The average molecular weight is 355 g/mol. The van der Waals surface area contributed by atoms with Crippen molar-refractivity contribution in [3.8, 4) is 11.4 Å². The van der Waals surface area contributed by atoms with E-state index in [2.05, 4.69) is 25.8 Å². The minimum Gasteiger partial charge on any atom is -0.337 e. The molecule has 0 aliphatic rings. The van der Waals surface area contributed by atoms with Crippen LogP contribution in [0.25, 0.3) is 11.4 Å². The standard InChI is InChI=1S/C18H18FN5O2/c1-11(15-5-3-4-10-20-15)21-18(25)22-12(2)17-23-16(24-26-17)13-6-8-14(19)9-7-13/h3-12H,1-2H3,(H2,21,22,25). The molecule has 26 heavy (non-hydrogen) atoms. The van der Waals surface area contributed by atoms with E-state index in [1.165, 1.54) is 12.1 Å². The third kappa shape index (κ3) is 4.21. The summed E-state index contributed by atoms with van der Waals surface area (Å²) in [5.74, 6) is 0.243. The molecule has 2 aromatic heterocycles. The molecule has 7 nitrogen and oxygen atoms in total. The van der Waals surface area contributed by atoms with Crippen LogP contribution in [0.15, 0.2) is 53.2 Å². The van der Waals surface area contributed by atoms with Crippen molar-refractivity contribution in [1.82, 2.24) is 25.8 Å². The van der Waals surface area contributed by atoms with Gasteiger partial charge in [0.25, 0.3) is 0 Å². The Morgan fingerprint density at radius 3 is 2.50 bits per heavy atom. The van der Waals surface area contributed by atoms with Crippen LogP contribution in [0.1, 0.15) is 37.5 Å². The van der Waals surface area contributed by atoms with E-state index in [4.69, 9.17) is 4.52 Å². The van der Waals surface area contributed by atoms with Crippen LogP contribution in [0.5, 0.6) is 0 Å². The lowest BCUT2D eigenvalue weighted by Crippen LogP contribution is -2.38. The molecule has 0 aliphatic heterocycles. The molecule has 0 bridgehead atoms. The molecular formula is C18H18FN5O2. The molecule has 0 spiro atoms. The minimum atomic E-state index is -0.493. The van der Waals surface area contributed by atoms with Gasteiger partial charge < -0.3 is 15.2 Å². The monoisotopic (exact) mass is 355 g/mol. The topological polar surface area (TPSA) is 92.9 Å². The van der Waals surface area contributed by atoms with Crippen molar-refractivity contribution in [2.75, 3.05) is 0 Å². The van der Waals surface area contributed by atoms with Gasteiger partial charge in [-0.25, -0.2) is 9.18 Å². The molecule has 2 atom stereocenters. The fourth-order valence-corrected chi connectivity index (χ4v) is 2.33. The molecule has 2 heterocycles. The van der Waals surface area contributed by atoms with E-state index in [9.17, 15) is 9.18 Å². The number of hydrogen-bond donors (Lipinski definition) is 2. The largest absolute Gasteiger partial charge is 0.337 e. The van der Waals surface area contributed by atoms with Crippen LogP contribution in [0.3, 0.4) is 0 Å². The second-order valence-electron chi connectivity index (χ2n) is 5.78. The molecule has 8 heteroatoms. The predicted octanol–water partition coefficient (Wildman–Crippen LogP) is 3.39. The summed E-state index contributed by atoms with van der Waals surface area (Å²) in [6.07, 6.45) is 1.67. The number of hydrogen-bond acceptors (Lipinski definition) is 5. The number of aromatic nitrogens is 3. The van der Waals surface area contributed by atoms with E-state index >= 15 is 0 Å². The Bertz CT molecular complexity index is 867. The van der Waals surface area contributed by atoms with Gasteiger partial charge in [-0.3, -0.25) is 4.98 Å². The average Bonchev–Trinajstić information content (AvgIpc) is 3.13. The Morgan fingerprint density at radius 2 is 1.81 bits per heavy atom. The zero-order valence-electron chi connectivity index (χ0n) is 14.3. The van der Waals surface area contributed by atoms with E-state index < -0.39 is 6.04 Å². The second kappa shape index (κ2) is 7.73. The number of rotatable bonds is 5. The highest BCUT2D eigenvalue weighted by Gasteiger charge is 2.18.